The molecule has 0 spiro atoms. The third-order valence-electron chi connectivity index (χ3n) is 3.95. The molecule has 0 saturated heterocycles. The lowest BCUT2D eigenvalue weighted by atomic mass is 10.2. The molecule has 1 aliphatic heterocycles. The zero-order valence-corrected chi connectivity index (χ0v) is 14.7. The van der Waals surface area contributed by atoms with Crippen molar-refractivity contribution < 1.29 is 19.4 Å². The summed E-state index contributed by atoms with van der Waals surface area (Å²) in [4.78, 5) is 19.5. The Labute approximate surface area is 159 Å². The SMILES string of the molecule is O=C(O)/C=C/c1nc(NCc2ccc3c(c2)OCO3)c2cc(Cl)ccc2n1. The molecule has 3 aromatic rings. The molecular formula is C19H14ClN3O4. The summed E-state index contributed by atoms with van der Waals surface area (Å²) in [5.74, 6) is 1.21. The van der Waals surface area contributed by atoms with Crippen molar-refractivity contribution in [2.75, 3.05) is 12.1 Å². The number of aliphatic carboxylic acids is 1. The van der Waals surface area contributed by atoms with E-state index in [0.717, 1.165) is 22.8 Å². The molecule has 1 aliphatic rings. The Morgan fingerprint density at radius 1 is 1.19 bits per heavy atom. The number of nitrogens with one attached hydrogen (secondary N) is 1. The fourth-order valence-corrected chi connectivity index (χ4v) is 2.88. The Morgan fingerprint density at radius 3 is 2.89 bits per heavy atom. The first-order chi connectivity index (χ1) is 13.1. The minimum absolute atomic E-state index is 0.223. The molecule has 0 radical (unpaired) electrons. The highest BCUT2D eigenvalue weighted by molar-refractivity contribution is 6.31. The van der Waals surface area contributed by atoms with E-state index in [1.165, 1.54) is 6.08 Å². The van der Waals surface area contributed by atoms with Crippen LogP contribution in [0.25, 0.3) is 17.0 Å². The van der Waals surface area contributed by atoms with Gasteiger partial charge in [0.2, 0.25) is 6.79 Å². The van der Waals surface area contributed by atoms with Gasteiger partial charge in [0.15, 0.2) is 17.3 Å². The lowest BCUT2D eigenvalue weighted by Gasteiger charge is -2.10. The van der Waals surface area contributed by atoms with Crippen molar-refractivity contribution in [2.45, 2.75) is 6.54 Å². The van der Waals surface area contributed by atoms with Crippen molar-refractivity contribution in [3.8, 4) is 11.5 Å². The van der Waals surface area contributed by atoms with E-state index in [2.05, 4.69) is 15.3 Å². The number of aromatic nitrogens is 2. The number of carboxylic acids is 1. The van der Waals surface area contributed by atoms with E-state index in [1.807, 2.05) is 18.2 Å². The highest BCUT2D eigenvalue weighted by Crippen LogP contribution is 2.33. The highest BCUT2D eigenvalue weighted by Gasteiger charge is 2.13. The van der Waals surface area contributed by atoms with Crippen molar-refractivity contribution in [3.05, 3.63) is 58.9 Å². The summed E-state index contributed by atoms with van der Waals surface area (Å²) in [5, 5.41) is 13.4. The fourth-order valence-electron chi connectivity index (χ4n) is 2.71. The van der Waals surface area contributed by atoms with E-state index < -0.39 is 5.97 Å². The fraction of sp³-hybridized carbons (Fsp3) is 0.105. The Morgan fingerprint density at radius 2 is 2.04 bits per heavy atom. The van der Waals surface area contributed by atoms with Gasteiger partial charge in [-0.2, -0.15) is 0 Å². The number of anilines is 1. The monoisotopic (exact) mass is 383 g/mol. The standard InChI is InChI=1S/C19H14ClN3O4/c20-12-2-3-14-13(8-12)19(23-17(22-14)5-6-18(24)25)21-9-11-1-4-15-16(7-11)27-10-26-15/h1-8H,9-10H2,(H,24,25)(H,21,22,23)/b6-5+. The van der Waals surface area contributed by atoms with Gasteiger partial charge in [-0.15, -0.1) is 0 Å². The molecular weight excluding hydrogens is 370 g/mol. The van der Waals surface area contributed by atoms with Gasteiger partial charge in [-0.25, -0.2) is 14.8 Å². The predicted molar refractivity (Wildman–Crippen MR) is 101 cm³/mol. The van der Waals surface area contributed by atoms with E-state index >= 15 is 0 Å². The molecule has 0 atom stereocenters. The predicted octanol–water partition coefficient (Wildman–Crippen LogP) is 3.72. The largest absolute Gasteiger partial charge is 0.478 e. The Kier molecular flexibility index (Phi) is 4.52. The molecule has 2 N–H and O–H groups in total. The van der Waals surface area contributed by atoms with Gasteiger partial charge >= 0.3 is 5.97 Å². The first-order valence-electron chi connectivity index (χ1n) is 8.09. The Bertz CT molecular complexity index is 1070. The van der Waals surface area contributed by atoms with E-state index in [1.54, 1.807) is 18.2 Å². The molecule has 2 heterocycles. The van der Waals surface area contributed by atoms with Gasteiger partial charge in [0.05, 0.1) is 5.52 Å². The molecule has 0 bridgehead atoms. The molecule has 0 unspecified atom stereocenters. The quantitative estimate of drug-likeness (QED) is 0.648. The zero-order valence-electron chi connectivity index (χ0n) is 14.0. The number of hydrogen-bond donors (Lipinski definition) is 2. The zero-order chi connectivity index (χ0) is 18.8. The maximum Gasteiger partial charge on any atom is 0.328 e. The lowest BCUT2D eigenvalue weighted by molar-refractivity contribution is -0.131. The average molecular weight is 384 g/mol. The summed E-state index contributed by atoms with van der Waals surface area (Å²) in [6, 6.07) is 10.9. The number of fused-ring (bicyclic) bond motifs is 2. The summed E-state index contributed by atoms with van der Waals surface area (Å²) < 4.78 is 10.7. The van der Waals surface area contributed by atoms with Gasteiger partial charge in [0.1, 0.15) is 5.82 Å². The Hall–Kier alpha value is -3.32. The number of nitrogens with zero attached hydrogens (tertiary/aromatic N) is 2. The normalized spacial score (nSPS) is 12.6. The minimum atomic E-state index is -1.07. The minimum Gasteiger partial charge on any atom is -0.478 e. The third-order valence-corrected chi connectivity index (χ3v) is 4.18. The van der Waals surface area contributed by atoms with Gasteiger partial charge in [-0.05, 0) is 42.0 Å². The number of ether oxygens (including phenoxy) is 2. The van der Waals surface area contributed by atoms with Crippen LogP contribution >= 0.6 is 11.6 Å². The average Bonchev–Trinajstić information content (AvgIpc) is 3.12. The first kappa shape index (κ1) is 17.1. The molecule has 0 fully saturated rings. The van der Waals surface area contributed by atoms with Crippen LogP contribution in [0.3, 0.4) is 0 Å². The van der Waals surface area contributed by atoms with E-state index in [-0.39, 0.29) is 6.79 Å². The number of carbonyl (C=O) groups is 1. The maximum atomic E-state index is 10.8. The second kappa shape index (κ2) is 7.13. The van der Waals surface area contributed by atoms with Crippen LogP contribution in [0.5, 0.6) is 11.5 Å². The molecule has 0 aliphatic carbocycles. The van der Waals surface area contributed by atoms with E-state index in [4.69, 9.17) is 26.2 Å². The van der Waals surface area contributed by atoms with Crippen LogP contribution in [-0.2, 0) is 11.3 Å². The topological polar surface area (TPSA) is 93.6 Å². The van der Waals surface area contributed by atoms with Gasteiger partial charge in [0, 0.05) is 23.0 Å². The van der Waals surface area contributed by atoms with E-state index in [0.29, 0.717) is 34.5 Å². The van der Waals surface area contributed by atoms with E-state index in [9.17, 15) is 4.79 Å². The molecule has 1 aromatic heterocycles. The molecule has 136 valence electrons. The molecule has 2 aromatic carbocycles. The van der Waals surface area contributed by atoms with Crippen LogP contribution in [0.2, 0.25) is 5.02 Å². The van der Waals surface area contributed by atoms with Crippen molar-refractivity contribution in [2.24, 2.45) is 0 Å². The Balaban J connectivity index is 1.66. The van der Waals surface area contributed by atoms with Crippen LogP contribution < -0.4 is 14.8 Å². The maximum absolute atomic E-state index is 10.8. The van der Waals surface area contributed by atoms with Crippen molar-refractivity contribution >= 4 is 40.4 Å². The second-order valence-corrected chi connectivity index (χ2v) is 6.24. The number of hydrogen-bond acceptors (Lipinski definition) is 6. The first-order valence-corrected chi connectivity index (χ1v) is 8.47. The summed E-state index contributed by atoms with van der Waals surface area (Å²) >= 11 is 6.11. The third kappa shape index (κ3) is 3.78. The van der Waals surface area contributed by atoms with Crippen LogP contribution in [-0.4, -0.2) is 27.8 Å². The van der Waals surface area contributed by atoms with Crippen molar-refractivity contribution in [3.63, 3.8) is 0 Å². The van der Waals surface area contributed by atoms with Crippen molar-refractivity contribution in [1.82, 2.24) is 9.97 Å². The van der Waals surface area contributed by atoms with Crippen molar-refractivity contribution in [1.29, 1.82) is 0 Å². The van der Waals surface area contributed by atoms with Gasteiger partial charge in [-0.1, -0.05) is 17.7 Å². The molecule has 7 nitrogen and oxygen atoms in total. The molecule has 27 heavy (non-hydrogen) atoms. The van der Waals surface area contributed by atoms with Crippen LogP contribution in [0.1, 0.15) is 11.4 Å². The summed E-state index contributed by atoms with van der Waals surface area (Å²) in [6.07, 6.45) is 2.35. The second-order valence-electron chi connectivity index (χ2n) is 5.80. The number of halogens is 1. The van der Waals surface area contributed by atoms with Gasteiger partial charge in [0.25, 0.3) is 0 Å². The van der Waals surface area contributed by atoms with Gasteiger partial charge < -0.3 is 19.9 Å². The molecule has 0 amide bonds. The smallest absolute Gasteiger partial charge is 0.328 e. The molecule has 0 saturated carbocycles. The van der Waals surface area contributed by atoms with Crippen LogP contribution in [0, 0.1) is 0 Å². The molecule has 4 rings (SSSR count). The number of benzene rings is 2. The summed E-state index contributed by atoms with van der Waals surface area (Å²) in [7, 11) is 0. The summed E-state index contributed by atoms with van der Waals surface area (Å²) in [5.41, 5.74) is 1.64. The van der Waals surface area contributed by atoms with Crippen LogP contribution in [0.15, 0.2) is 42.5 Å². The number of carboxylic acid groups (broad SMARTS) is 1. The summed E-state index contributed by atoms with van der Waals surface area (Å²) in [6.45, 7) is 0.706. The lowest BCUT2D eigenvalue weighted by Crippen LogP contribution is -2.04. The van der Waals surface area contributed by atoms with Crippen LogP contribution in [0.4, 0.5) is 5.82 Å². The van der Waals surface area contributed by atoms with Gasteiger partial charge in [-0.3, -0.25) is 0 Å². The highest BCUT2D eigenvalue weighted by atomic mass is 35.5. The molecule has 8 heteroatoms. The number of rotatable bonds is 5.